The Kier molecular flexibility index (Phi) is 37.1. The third-order valence-electron chi connectivity index (χ3n) is 0.847. The van der Waals surface area contributed by atoms with Crippen molar-refractivity contribution in [1.82, 2.24) is 4.98 Å². The smallest absolute Gasteiger partial charge is 0.212 e. The summed E-state index contributed by atoms with van der Waals surface area (Å²) in [5, 5.41) is 0. The Morgan fingerprint density at radius 2 is 1.59 bits per heavy atom. The fourth-order valence-electron chi connectivity index (χ4n) is 0.468. The number of pyridine rings is 1. The maximum absolute atomic E-state index is 7.75. The number of rotatable bonds is 1. The molecule has 0 spiro atoms. The molecule has 1 aromatic heterocycles. The second-order valence-electron chi connectivity index (χ2n) is 3.10. The number of hydrogen-bond donors (Lipinski definition) is 0. The van der Waals surface area contributed by atoms with Gasteiger partial charge in [0.05, 0.1) is 7.11 Å². The molecule has 98 valence electrons. The van der Waals surface area contributed by atoms with Crippen LogP contribution in [0.5, 0.6) is 5.88 Å². The van der Waals surface area contributed by atoms with E-state index in [1.807, 2.05) is 26.0 Å². The Morgan fingerprint density at radius 1 is 1.18 bits per heavy atom. The van der Waals surface area contributed by atoms with Crippen molar-refractivity contribution in [2.75, 3.05) is 7.11 Å². The summed E-state index contributed by atoms with van der Waals surface area (Å²) in [7, 11) is 1.60. The van der Waals surface area contributed by atoms with Gasteiger partial charge in [0.25, 0.3) is 0 Å². The second-order valence-corrected chi connectivity index (χ2v) is 3.10. The molecule has 1 aromatic rings. The monoisotopic (exact) mass is 464 g/mol. The molecule has 1 heterocycles. The minimum absolute atomic E-state index is 0. The number of ether oxygens (including phenoxy) is 1. The molecule has 3 nitrogen and oxygen atoms in total. The Bertz CT molecular complexity index is 203. The van der Waals surface area contributed by atoms with Crippen molar-refractivity contribution in [1.29, 1.82) is 0 Å². The first-order valence-electron chi connectivity index (χ1n) is 5.35. The zero-order valence-corrected chi connectivity index (χ0v) is 15.9. The summed E-state index contributed by atoms with van der Waals surface area (Å²) >= 11 is 0. The van der Waals surface area contributed by atoms with Crippen molar-refractivity contribution in [3.05, 3.63) is 24.4 Å². The van der Waals surface area contributed by atoms with E-state index >= 15 is 0 Å². The first kappa shape index (κ1) is 25.5. The molecule has 0 N–H and O–H groups in total. The summed E-state index contributed by atoms with van der Waals surface area (Å²) in [5.74, 6) is 1.49. The summed E-state index contributed by atoms with van der Waals surface area (Å²) in [4.78, 5) is 11.6. The third kappa shape index (κ3) is 31.3. The number of nitrogens with zero attached hydrogens (tertiary/aromatic N) is 1. The average Bonchev–Trinajstić information content (AvgIpc) is 2.34. The van der Waals surface area contributed by atoms with Gasteiger partial charge >= 0.3 is 0 Å². The summed E-state index contributed by atoms with van der Waals surface area (Å²) in [6, 6.07) is 5.54. The van der Waals surface area contributed by atoms with Crippen LogP contribution in [0.2, 0.25) is 0 Å². The zero-order valence-electron chi connectivity index (χ0n) is 11.7. The van der Waals surface area contributed by atoms with Crippen LogP contribution < -0.4 is 4.74 Å². The van der Waals surface area contributed by atoms with Gasteiger partial charge in [-0.15, -0.1) is 0 Å². The number of methoxy groups -OCH3 is 1. The van der Waals surface area contributed by atoms with E-state index in [1.165, 1.54) is 0 Å². The van der Waals surface area contributed by atoms with Gasteiger partial charge < -0.3 is 9.53 Å². The molecule has 0 bridgehead atoms. The van der Waals surface area contributed by atoms with Crippen molar-refractivity contribution < 1.29 is 40.6 Å². The molecule has 0 radical (unpaired) electrons. The van der Waals surface area contributed by atoms with Crippen LogP contribution >= 0.6 is 0 Å². The van der Waals surface area contributed by atoms with E-state index < -0.39 is 0 Å². The molecular weight excluding hydrogens is 440 g/mol. The van der Waals surface area contributed by atoms with Crippen LogP contribution in [0.3, 0.4) is 0 Å². The molecule has 0 unspecified atom stereocenters. The minimum Gasteiger partial charge on any atom is -0.545 e. The molecular formula is C13H24NO2U-. The third-order valence-corrected chi connectivity index (χ3v) is 0.847. The molecule has 0 fully saturated rings. The molecule has 0 saturated heterocycles. The summed E-state index contributed by atoms with van der Waals surface area (Å²) in [6.07, 6.45) is 1.69. The van der Waals surface area contributed by atoms with E-state index in [2.05, 4.69) is 32.5 Å². The van der Waals surface area contributed by atoms with Gasteiger partial charge in [-0.1, -0.05) is 40.7 Å². The summed E-state index contributed by atoms with van der Waals surface area (Å²) in [6.45, 7) is 13.7. The molecule has 17 heavy (non-hydrogen) atoms. The van der Waals surface area contributed by atoms with E-state index in [0.717, 1.165) is 5.92 Å². The van der Waals surface area contributed by atoms with Crippen LogP contribution in [0.4, 0.5) is 0 Å². The van der Waals surface area contributed by atoms with Gasteiger partial charge in [0.2, 0.25) is 5.88 Å². The fourth-order valence-corrected chi connectivity index (χ4v) is 0.468. The summed E-state index contributed by atoms with van der Waals surface area (Å²) < 4.78 is 4.80. The maximum Gasteiger partial charge on any atom is 0.212 e. The van der Waals surface area contributed by atoms with Crippen LogP contribution in [0, 0.1) is 37.0 Å². The molecule has 1 rings (SSSR count). The van der Waals surface area contributed by atoms with Gasteiger partial charge in [0, 0.05) is 43.4 Å². The van der Waals surface area contributed by atoms with E-state index in [-0.39, 0.29) is 31.1 Å². The molecule has 0 aliphatic heterocycles. The van der Waals surface area contributed by atoms with Gasteiger partial charge in [-0.25, -0.2) is 4.98 Å². The SMILES string of the molecule is CC.CC(C)C.COc1ccccn1.[CH-]=O.[U]. The normalized spacial score (nSPS) is 6.76. The molecule has 0 aromatic carbocycles. The van der Waals surface area contributed by atoms with Crippen LogP contribution in [-0.2, 0) is 4.79 Å². The Morgan fingerprint density at radius 3 is 1.76 bits per heavy atom. The van der Waals surface area contributed by atoms with Crippen molar-refractivity contribution in [3.8, 4) is 5.88 Å². The molecule has 0 amide bonds. The van der Waals surface area contributed by atoms with Crippen LogP contribution in [0.15, 0.2) is 24.4 Å². The van der Waals surface area contributed by atoms with Gasteiger partial charge in [-0.2, -0.15) is 0 Å². The Balaban J connectivity index is -0.0000000814. The maximum atomic E-state index is 7.75. The standard InChI is InChI=1S/C6H7NO.C4H10.C2H6.CHO.U/c1-8-6-4-2-3-5-7-6;1-4(2)3;2*1-2;/h2-5H,1H3;4H,1-3H3;1-2H3;1H;/q;;;-1;. The minimum atomic E-state index is 0. The van der Waals surface area contributed by atoms with E-state index in [1.54, 1.807) is 19.4 Å². The predicted molar refractivity (Wildman–Crippen MR) is 69.4 cm³/mol. The Hall–Kier alpha value is -0.328. The van der Waals surface area contributed by atoms with E-state index in [4.69, 9.17) is 9.53 Å². The zero-order chi connectivity index (χ0) is 13.4. The van der Waals surface area contributed by atoms with Gasteiger partial charge in [-0.05, 0) is 12.0 Å². The van der Waals surface area contributed by atoms with Crippen molar-refractivity contribution in [2.45, 2.75) is 34.6 Å². The first-order chi connectivity index (χ1) is 7.66. The van der Waals surface area contributed by atoms with Crippen LogP contribution in [0.1, 0.15) is 34.6 Å². The van der Waals surface area contributed by atoms with Crippen molar-refractivity contribution in [2.24, 2.45) is 5.92 Å². The second kappa shape index (κ2) is 24.8. The van der Waals surface area contributed by atoms with Gasteiger partial charge in [-0.3, -0.25) is 6.79 Å². The van der Waals surface area contributed by atoms with Crippen molar-refractivity contribution in [3.63, 3.8) is 0 Å². The van der Waals surface area contributed by atoms with E-state index in [9.17, 15) is 0 Å². The molecule has 0 atom stereocenters. The molecule has 0 aliphatic rings. The fraction of sp³-hybridized carbons (Fsp3) is 0.538. The molecule has 4 heteroatoms. The molecule has 0 aliphatic carbocycles. The average molecular weight is 464 g/mol. The molecule has 0 saturated carbocycles. The number of aromatic nitrogens is 1. The van der Waals surface area contributed by atoms with Gasteiger partial charge in [0.15, 0.2) is 0 Å². The predicted octanol–water partition coefficient (Wildman–Crippen LogP) is 3.50. The van der Waals surface area contributed by atoms with E-state index in [0.29, 0.717) is 5.88 Å². The quantitative estimate of drug-likeness (QED) is 0.472. The van der Waals surface area contributed by atoms with Crippen LogP contribution in [0.25, 0.3) is 0 Å². The van der Waals surface area contributed by atoms with Crippen molar-refractivity contribution >= 4 is 6.79 Å². The Labute approximate surface area is 130 Å². The summed E-state index contributed by atoms with van der Waals surface area (Å²) in [5.41, 5.74) is 0. The van der Waals surface area contributed by atoms with Crippen LogP contribution in [-0.4, -0.2) is 18.9 Å². The largest absolute Gasteiger partial charge is 0.545 e. The number of carbonyl (C=O) groups excluding carboxylic acids is 1. The first-order valence-corrected chi connectivity index (χ1v) is 5.35. The van der Waals surface area contributed by atoms with Gasteiger partial charge in [0.1, 0.15) is 0 Å². The number of hydrogen-bond acceptors (Lipinski definition) is 3. The topological polar surface area (TPSA) is 39.2 Å².